The van der Waals surface area contributed by atoms with E-state index in [-0.39, 0.29) is 47.9 Å². The normalized spacial score (nSPS) is 13.9. The van der Waals surface area contributed by atoms with Crippen molar-refractivity contribution < 1.29 is 38.8 Å². The Morgan fingerprint density at radius 2 is 1.52 bits per heavy atom. The first-order valence-corrected chi connectivity index (χ1v) is 18.6. The zero-order valence-corrected chi connectivity index (χ0v) is 34.7. The number of aromatic nitrogens is 1. The van der Waals surface area contributed by atoms with Gasteiger partial charge in [-0.15, -0.1) is 29.3 Å². The summed E-state index contributed by atoms with van der Waals surface area (Å²) in [6, 6.07) is 24.4. The predicted molar refractivity (Wildman–Crippen MR) is 210 cm³/mol. The average Bonchev–Trinajstić information content (AvgIpc) is 3.79. The summed E-state index contributed by atoms with van der Waals surface area (Å²) in [5.41, 5.74) is 8.65. The Morgan fingerprint density at radius 1 is 0.865 bits per heavy atom. The van der Waals surface area contributed by atoms with Crippen LogP contribution in [0.4, 0.5) is 0 Å². The molecule has 3 heterocycles. The smallest absolute Gasteiger partial charge is 0.164 e. The number of furan rings is 2. The van der Waals surface area contributed by atoms with Crippen LogP contribution in [-0.2, 0) is 30.3 Å². The number of rotatable bonds is 9. The Kier molecular flexibility index (Phi) is 11.2. The molecule has 0 aliphatic heterocycles. The number of aliphatic hydroxyl groups is 1. The van der Waals surface area contributed by atoms with Crippen LogP contribution in [0.5, 0.6) is 0 Å². The summed E-state index contributed by atoms with van der Waals surface area (Å²) in [5, 5.41) is 13.5. The molecule has 3 aromatic heterocycles. The Bertz CT molecular complexity index is 2280. The van der Waals surface area contributed by atoms with E-state index >= 15 is 0 Å². The average molecular weight is 875 g/mol. The van der Waals surface area contributed by atoms with E-state index in [0.29, 0.717) is 5.92 Å². The quantitative estimate of drug-likeness (QED) is 0.0889. The van der Waals surface area contributed by atoms with Crippen LogP contribution in [0.3, 0.4) is 0 Å². The molecule has 0 atom stereocenters. The fourth-order valence-electron chi connectivity index (χ4n) is 7.52. The minimum absolute atomic E-state index is 0. The van der Waals surface area contributed by atoms with Gasteiger partial charge in [0.25, 0.3) is 0 Å². The third kappa shape index (κ3) is 6.47. The van der Waals surface area contributed by atoms with Crippen LogP contribution in [0.2, 0.25) is 0 Å². The van der Waals surface area contributed by atoms with Gasteiger partial charge >= 0.3 is 0 Å². The van der Waals surface area contributed by atoms with Crippen LogP contribution in [0.25, 0.3) is 55.5 Å². The molecule has 275 valence electrons. The molecule has 6 aromatic rings. The molecule has 0 fully saturated rings. The molecule has 0 spiro atoms. The van der Waals surface area contributed by atoms with E-state index in [1.807, 2.05) is 72.0 Å². The zero-order chi connectivity index (χ0) is 36.9. The topological polar surface area (TPSA) is 76.5 Å². The van der Waals surface area contributed by atoms with Crippen molar-refractivity contribution in [2.75, 3.05) is 0 Å². The van der Waals surface area contributed by atoms with Crippen molar-refractivity contribution in [1.82, 2.24) is 4.98 Å². The largest absolute Gasteiger partial charge is 0.512 e. The summed E-state index contributed by atoms with van der Waals surface area (Å²) in [5.74, 6) is 1.67. The molecule has 6 heteroatoms. The number of carbonyl (C=O) groups excluding carboxylic acids is 1. The SMILES string of the molecule is CC(C)c1cccc2c3c(oc12)-c1cc[c-]c(-c2cc4c(cn2)oc2ccccc24)c1C3(C)C.CCC(C)(CC)C(=O)/C=C(\O)C(C)(CC)CC.[Ir]. The molecule has 0 unspecified atom stereocenters. The number of carbonyl (C=O) groups is 1. The van der Waals surface area contributed by atoms with E-state index in [0.717, 1.165) is 75.8 Å². The first-order chi connectivity index (χ1) is 24.2. The number of ketones is 1. The standard InChI is InChI=1S/C31H24NO2.C15H28O2.Ir/c1-17(2)18-10-7-13-22-28-30(34-29(18)22)21-12-8-11-20(27(21)31(28,3)4)24-15-23-19-9-5-6-14-25(19)33-26(23)16-32-24;1-7-14(5,8-2)12(16)11-13(17)15(6,9-3)10-4;/h5-10,12-17H,1-4H3;11,16H,7-10H2,1-6H3;/q-1;;/b;12-11-;. The predicted octanol–water partition coefficient (Wildman–Crippen LogP) is 13.3. The van der Waals surface area contributed by atoms with E-state index in [1.54, 1.807) is 0 Å². The Labute approximate surface area is 322 Å². The minimum atomic E-state index is -0.337. The molecule has 1 radical (unpaired) electrons. The summed E-state index contributed by atoms with van der Waals surface area (Å²) >= 11 is 0. The number of nitrogens with zero attached hydrogens (tertiary/aromatic N) is 1. The van der Waals surface area contributed by atoms with Gasteiger partial charge in [-0.25, -0.2) is 0 Å². The second-order valence-corrected chi connectivity index (χ2v) is 15.5. The summed E-state index contributed by atoms with van der Waals surface area (Å²) < 4.78 is 12.6. The van der Waals surface area contributed by atoms with Gasteiger partial charge in [-0.3, -0.25) is 4.79 Å². The van der Waals surface area contributed by atoms with Crippen molar-refractivity contribution in [2.45, 2.75) is 106 Å². The molecule has 1 N–H and O–H groups in total. The van der Waals surface area contributed by atoms with E-state index in [9.17, 15) is 9.90 Å². The first-order valence-electron chi connectivity index (χ1n) is 18.6. The second kappa shape index (κ2) is 14.8. The third-order valence-corrected chi connectivity index (χ3v) is 12.0. The first kappa shape index (κ1) is 39.2. The van der Waals surface area contributed by atoms with Crippen molar-refractivity contribution in [1.29, 1.82) is 0 Å². The molecule has 0 bridgehead atoms. The fraction of sp³-hybridized carbons (Fsp3) is 0.391. The molecular weight excluding hydrogens is 823 g/mol. The summed E-state index contributed by atoms with van der Waals surface area (Å²) in [7, 11) is 0. The summed E-state index contributed by atoms with van der Waals surface area (Å²) in [6.45, 7) is 21.1. The summed E-state index contributed by atoms with van der Waals surface area (Å²) in [4.78, 5) is 17.0. The maximum atomic E-state index is 12.2. The van der Waals surface area contributed by atoms with Gasteiger partial charge < -0.3 is 18.9 Å². The van der Waals surface area contributed by atoms with Gasteiger partial charge in [0.15, 0.2) is 11.4 Å². The molecule has 7 rings (SSSR count). The number of para-hydroxylation sites is 2. The number of hydrogen-bond donors (Lipinski definition) is 1. The number of aliphatic hydroxyl groups excluding tert-OH is 1. The van der Waals surface area contributed by atoms with Gasteiger partial charge in [0.05, 0.1) is 6.20 Å². The molecule has 0 saturated heterocycles. The van der Waals surface area contributed by atoms with Crippen molar-refractivity contribution in [3.63, 3.8) is 0 Å². The van der Waals surface area contributed by atoms with Crippen molar-refractivity contribution in [2.24, 2.45) is 10.8 Å². The number of fused-ring (bicyclic) bond motifs is 8. The molecule has 0 saturated carbocycles. The minimum Gasteiger partial charge on any atom is -0.512 e. The van der Waals surface area contributed by atoms with Crippen LogP contribution < -0.4 is 0 Å². The molecule has 52 heavy (non-hydrogen) atoms. The monoisotopic (exact) mass is 875 g/mol. The van der Waals surface area contributed by atoms with Crippen LogP contribution in [0.1, 0.15) is 118 Å². The van der Waals surface area contributed by atoms with E-state index in [4.69, 9.17) is 13.8 Å². The second-order valence-electron chi connectivity index (χ2n) is 15.5. The molecule has 1 aliphatic rings. The van der Waals surface area contributed by atoms with Crippen LogP contribution in [0, 0.1) is 16.9 Å². The van der Waals surface area contributed by atoms with Crippen LogP contribution in [0.15, 0.2) is 87.5 Å². The number of allylic oxidation sites excluding steroid dienone is 2. The Balaban J connectivity index is 0.000000250. The van der Waals surface area contributed by atoms with Crippen molar-refractivity contribution >= 4 is 38.7 Å². The van der Waals surface area contributed by atoms with Gasteiger partial charge in [-0.05, 0) is 54.3 Å². The molecule has 3 aromatic carbocycles. The number of pyridine rings is 1. The summed E-state index contributed by atoms with van der Waals surface area (Å²) in [6.07, 6.45) is 6.59. The molecule has 0 amide bonds. The zero-order valence-electron chi connectivity index (χ0n) is 32.3. The van der Waals surface area contributed by atoms with Crippen molar-refractivity contribution in [3.8, 4) is 22.6 Å². The van der Waals surface area contributed by atoms with Gasteiger partial charge in [-0.2, -0.15) is 0 Å². The van der Waals surface area contributed by atoms with Gasteiger partial charge in [0.1, 0.15) is 22.7 Å². The van der Waals surface area contributed by atoms with Crippen LogP contribution in [-0.4, -0.2) is 15.9 Å². The van der Waals surface area contributed by atoms with E-state index in [2.05, 4.69) is 70.2 Å². The van der Waals surface area contributed by atoms with Crippen LogP contribution >= 0.6 is 0 Å². The number of hydrogen-bond acceptors (Lipinski definition) is 5. The van der Waals surface area contributed by atoms with E-state index < -0.39 is 0 Å². The number of benzene rings is 3. The molecule has 5 nitrogen and oxygen atoms in total. The maximum absolute atomic E-state index is 12.2. The molecule has 1 aliphatic carbocycles. The maximum Gasteiger partial charge on any atom is 0.164 e. The van der Waals surface area contributed by atoms with Gasteiger partial charge in [0, 0.05) is 58.7 Å². The van der Waals surface area contributed by atoms with Gasteiger partial charge in [0.2, 0.25) is 0 Å². The molecular formula is C46H52IrNO4-. The Morgan fingerprint density at radius 3 is 2.17 bits per heavy atom. The van der Waals surface area contributed by atoms with Gasteiger partial charge in [-0.1, -0.05) is 117 Å². The van der Waals surface area contributed by atoms with Crippen molar-refractivity contribution in [3.05, 3.63) is 101 Å². The fourth-order valence-corrected chi connectivity index (χ4v) is 7.52. The Hall–Kier alpha value is -3.99. The third-order valence-electron chi connectivity index (χ3n) is 12.0. The van der Waals surface area contributed by atoms with E-state index in [1.165, 1.54) is 28.2 Å².